The van der Waals surface area contributed by atoms with Crippen molar-refractivity contribution in [3.8, 4) is 0 Å². The fraction of sp³-hybridized carbons (Fsp3) is 0.143. The van der Waals surface area contributed by atoms with Crippen LogP contribution in [-0.4, -0.2) is 15.0 Å². The van der Waals surface area contributed by atoms with E-state index in [2.05, 4.69) is 20.7 Å². The van der Waals surface area contributed by atoms with Gasteiger partial charge < -0.3 is 5.73 Å². The first-order valence-electron chi connectivity index (χ1n) is 6.15. The average Bonchev–Trinajstić information content (AvgIpc) is 2.48. The van der Waals surface area contributed by atoms with Crippen molar-refractivity contribution in [2.24, 2.45) is 5.73 Å². The Kier molecular flexibility index (Phi) is 5.10. The first-order valence-corrected chi connectivity index (χ1v) is 8.43. The maximum Gasteiger partial charge on any atom is 0.240 e. The smallest absolute Gasteiger partial charge is 0.240 e. The van der Waals surface area contributed by atoms with Crippen molar-refractivity contribution in [2.75, 3.05) is 6.54 Å². The van der Waals surface area contributed by atoms with E-state index in [4.69, 9.17) is 5.73 Å². The van der Waals surface area contributed by atoms with Crippen LogP contribution in [0.4, 0.5) is 4.39 Å². The van der Waals surface area contributed by atoms with E-state index in [0.29, 0.717) is 0 Å². The third kappa shape index (κ3) is 4.10. The van der Waals surface area contributed by atoms with Crippen LogP contribution in [0.5, 0.6) is 0 Å². The van der Waals surface area contributed by atoms with Gasteiger partial charge in [-0.15, -0.1) is 0 Å². The Labute approximate surface area is 131 Å². The number of hydrogen-bond acceptors (Lipinski definition) is 3. The molecule has 7 heteroatoms. The minimum absolute atomic E-state index is 0.0318. The summed E-state index contributed by atoms with van der Waals surface area (Å²) in [6, 6.07) is 12.3. The van der Waals surface area contributed by atoms with Gasteiger partial charge in [-0.25, -0.2) is 17.5 Å². The van der Waals surface area contributed by atoms with Gasteiger partial charge in [0.2, 0.25) is 10.0 Å². The van der Waals surface area contributed by atoms with Crippen molar-refractivity contribution in [3.63, 3.8) is 0 Å². The van der Waals surface area contributed by atoms with Crippen LogP contribution in [0, 0.1) is 5.82 Å². The molecule has 0 saturated carbocycles. The molecule has 0 fully saturated rings. The number of nitrogens with two attached hydrogens (primary N) is 1. The summed E-state index contributed by atoms with van der Waals surface area (Å²) < 4.78 is 40.2. The lowest BCUT2D eigenvalue weighted by molar-refractivity contribution is 0.568. The van der Waals surface area contributed by atoms with Crippen LogP contribution >= 0.6 is 15.9 Å². The molecule has 0 heterocycles. The molecule has 0 radical (unpaired) electrons. The highest BCUT2D eigenvalue weighted by Crippen LogP contribution is 2.19. The molecule has 112 valence electrons. The van der Waals surface area contributed by atoms with Crippen molar-refractivity contribution in [3.05, 3.63) is 64.4 Å². The van der Waals surface area contributed by atoms with E-state index in [1.54, 1.807) is 0 Å². The molecule has 0 aliphatic heterocycles. The molecule has 0 bridgehead atoms. The Morgan fingerprint density at radius 2 is 1.86 bits per heavy atom. The lowest BCUT2D eigenvalue weighted by atomic mass is 10.1. The molecule has 2 aromatic rings. The minimum Gasteiger partial charge on any atom is -0.323 e. The molecule has 4 nitrogen and oxygen atoms in total. The largest absolute Gasteiger partial charge is 0.323 e. The highest BCUT2D eigenvalue weighted by molar-refractivity contribution is 9.10. The molecule has 2 aromatic carbocycles. The Balaban J connectivity index is 2.09. The summed E-state index contributed by atoms with van der Waals surface area (Å²) in [7, 11) is -3.79. The zero-order valence-corrected chi connectivity index (χ0v) is 13.4. The van der Waals surface area contributed by atoms with Crippen LogP contribution in [0.25, 0.3) is 0 Å². The van der Waals surface area contributed by atoms with E-state index in [9.17, 15) is 12.8 Å². The second-order valence-electron chi connectivity index (χ2n) is 4.44. The standard InChI is InChI=1S/C14H14BrFN2O2S/c15-12-7-6-11(8-13(12)16)21(19,20)18-9-14(17)10-4-2-1-3-5-10/h1-8,14,18H,9,17H2. The third-order valence-electron chi connectivity index (χ3n) is 2.92. The van der Waals surface area contributed by atoms with Crippen LogP contribution in [0.2, 0.25) is 0 Å². The normalized spacial score (nSPS) is 13.1. The summed E-state index contributed by atoms with van der Waals surface area (Å²) in [4.78, 5) is -0.136. The van der Waals surface area contributed by atoms with Crippen molar-refractivity contribution < 1.29 is 12.8 Å². The zero-order chi connectivity index (χ0) is 15.5. The molecule has 1 atom stereocenters. The summed E-state index contributed by atoms with van der Waals surface area (Å²) in [5.74, 6) is -0.634. The predicted molar refractivity (Wildman–Crippen MR) is 82.7 cm³/mol. The molecule has 21 heavy (non-hydrogen) atoms. The van der Waals surface area contributed by atoms with Crippen LogP contribution in [0.3, 0.4) is 0 Å². The van der Waals surface area contributed by atoms with E-state index >= 15 is 0 Å². The monoisotopic (exact) mass is 372 g/mol. The van der Waals surface area contributed by atoms with Gasteiger partial charge in [-0.1, -0.05) is 30.3 Å². The maximum absolute atomic E-state index is 13.4. The van der Waals surface area contributed by atoms with Crippen molar-refractivity contribution in [1.29, 1.82) is 0 Å². The van der Waals surface area contributed by atoms with E-state index < -0.39 is 21.9 Å². The van der Waals surface area contributed by atoms with Crippen LogP contribution in [0.15, 0.2) is 57.9 Å². The van der Waals surface area contributed by atoms with Crippen molar-refractivity contribution in [1.82, 2.24) is 4.72 Å². The van der Waals surface area contributed by atoms with E-state index in [1.165, 1.54) is 12.1 Å². The molecule has 0 amide bonds. The Morgan fingerprint density at radius 3 is 2.48 bits per heavy atom. The van der Waals surface area contributed by atoms with Gasteiger partial charge in [-0.3, -0.25) is 0 Å². The molecule has 0 saturated heterocycles. The zero-order valence-electron chi connectivity index (χ0n) is 11.0. The SMILES string of the molecule is NC(CNS(=O)(=O)c1ccc(Br)c(F)c1)c1ccccc1. The summed E-state index contributed by atoms with van der Waals surface area (Å²) in [6.45, 7) is 0.0318. The summed E-state index contributed by atoms with van der Waals surface area (Å²) in [6.07, 6.45) is 0. The van der Waals surface area contributed by atoms with Gasteiger partial charge in [0.15, 0.2) is 0 Å². The molecule has 0 aliphatic rings. The number of benzene rings is 2. The average molecular weight is 373 g/mol. The number of nitrogens with one attached hydrogen (secondary N) is 1. The lowest BCUT2D eigenvalue weighted by Crippen LogP contribution is -2.32. The number of sulfonamides is 1. The number of rotatable bonds is 5. The van der Waals surface area contributed by atoms with Crippen LogP contribution < -0.4 is 10.5 Å². The van der Waals surface area contributed by atoms with Crippen molar-refractivity contribution >= 4 is 26.0 Å². The molecular formula is C14H14BrFN2O2S. The molecule has 3 N–H and O–H groups in total. The van der Waals surface area contributed by atoms with Crippen LogP contribution in [0.1, 0.15) is 11.6 Å². The second-order valence-corrected chi connectivity index (χ2v) is 7.07. The minimum atomic E-state index is -3.79. The first-order chi connectivity index (χ1) is 9.90. The highest BCUT2D eigenvalue weighted by Gasteiger charge is 2.17. The lowest BCUT2D eigenvalue weighted by Gasteiger charge is -2.13. The highest BCUT2D eigenvalue weighted by atomic mass is 79.9. The van der Waals surface area contributed by atoms with E-state index in [1.807, 2.05) is 30.3 Å². The Morgan fingerprint density at radius 1 is 1.19 bits per heavy atom. The van der Waals surface area contributed by atoms with Gasteiger partial charge in [-0.05, 0) is 39.7 Å². The van der Waals surface area contributed by atoms with Gasteiger partial charge in [0.1, 0.15) is 5.82 Å². The van der Waals surface area contributed by atoms with E-state index in [-0.39, 0.29) is 15.9 Å². The molecule has 2 rings (SSSR count). The van der Waals surface area contributed by atoms with Gasteiger partial charge >= 0.3 is 0 Å². The fourth-order valence-corrected chi connectivity index (χ4v) is 3.06. The Bertz CT molecular complexity index is 723. The van der Waals surface area contributed by atoms with Crippen molar-refractivity contribution in [2.45, 2.75) is 10.9 Å². The van der Waals surface area contributed by atoms with Crippen LogP contribution in [-0.2, 0) is 10.0 Å². The summed E-state index contributed by atoms with van der Waals surface area (Å²) in [5, 5.41) is 0. The third-order valence-corrected chi connectivity index (χ3v) is 4.99. The fourth-order valence-electron chi connectivity index (χ4n) is 1.74. The van der Waals surface area contributed by atoms with E-state index in [0.717, 1.165) is 11.6 Å². The van der Waals surface area contributed by atoms with Gasteiger partial charge in [0, 0.05) is 12.6 Å². The molecule has 1 unspecified atom stereocenters. The van der Waals surface area contributed by atoms with Gasteiger partial charge in [-0.2, -0.15) is 0 Å². The maximum atomic E-state index is 13.4. The molecule has 0 aromatic heterocycles. The predicted octanol–water partition coefficient (Wildman–Crippen LogP) is 2.57. The van der Waals surface area contributed by atoms with Gasteiger partial charge in [0.25, 0.3) is 0 Å². The quantitative estimate of drug-likeness (QED) is 0.846. The van der Waals surface area contributed by atoms with Gasteiger partial charge in [0.05, 0.1) is 9.37 Å². The Hall–Kier alpha value is -1.28. The number of hydrogen-bond donors (Lipinski definition) is 2. The summed E-state index contributed by atoms with van der Waals surface area (Å²) in [5.41, 5.74) is 6.75. The molecule has 0 aliphatic carbocycles. The number of halogens is 2. The topological polar surface area (TPSA) is 72.2 Å². The molecular weight excluding hydrogens is 359 g/mol. The first kappa shape index (κ1) is 16.1. The molecule has 0 spiro atoms. The second kappa shape index (κ2) is 6.65. The summed E-state index contributed by atoms with van der Waals surface area (Å²) >= 11 is 2.98.